The number of methoxy groups -OCH3 is 1. The summed E-state index contributed by atoms with van der Waals surface area (Å²) in [5, 5.41) is 0. The number of hydrogen-bond acceptors (Lipinski definition) is 5. The Bertz CT molecular complexity index is 1260. The molecule has 2 saturated heterocycles. The molecule has 2 aromatic carbocycles. The molecule has 1 saturated carbocycles. The molecule has 0 N–H and O–H groups in total. The van der Waals surface area contributed by atoms with Crippen molar-refractivity contribution in [2.75, 3.05) is 39.8 Å². The molecule has 3 fully saturated rings. The van der Waals surface area contributed by atoms with Crippen LogP contribution in [-0.4, -0.2) is 84.0 Å². The van der Waals surface area contributed by atoms with Gasteiger partial charge in [-0.3, -0.25) is 19.4 Å². The maximum atomic E-state index is 14.9. The molecule has 2 heterocycles. The molecule has 0 unspecified atom stereocenters. The lowest BCUT2D eigenvalue weighted by molar-refractivity contribution is -0.150. The third-order valence-corrected chi connectivity index (χ3v) is 9.26. The van der Waals surface area contributed by atoms with Gasteiger partial charge >= 0.3 is 5.97 Å². The minimum Gasteiger partial charge on any atom is -0.468 e. The van der Waals surface area contributed by atoms with Crippen LogP contribution in [0.4, 0.5) is 8.78 Å². The highest BCUT2D eigenvalue weighted by molar-refractivity contribution is 5.81. The first kappa shape index (κ1) is 29.6. The monoisotopic (exact) mass is 567 g/mol. The van der Waals surface area contributed by atoms with Gasteiger partial charge in [-0.15, -0.1) is 0 Å². The Balaban J connectivity index is 1.30. The van der Waals surface area contributed by atoms with Crippen molar-refractivity contribution in [2.24, 2.45) is 5.92 Å². The van der Waals surface area contributed by atoms with E-state index in [9.17, 15) is 18.4 Å². The number of rotatable bonds is 7. The first-order chi connectivity index (χ1) is 19.5. The van der Waals surface area contributed by atoms with Gasteiger partial charge in [0.05, 0.1) is 13.0 Å². The smallest absolute Gasteiger partial charge is 0.323 e. The largest absolute Gasteiger partial charge is 0.468 e. The summed E-state index contributed by atoms with van der Waals surface area (Å²) in [6.07, 6.45) is 3.05. The summed E-state index contributed by atoms with van der Waals surface area (Å²) in [5.41, 5.74) is 2.65. The Morgan fingerprint density at radius 2 is 1.71 bits per heavy atom. The molecular formula is C33H43F2N3O3. The fourth-order valence-electron chi connectivity index (χ4n) is 6.59. The van der Waals surface area contributed by atoms with E-state index in [1.54, 1.807) is 0 Å². The molecular weight excluding hydrogens is 524 g/mol. The van der Waals surface area contributed by atoms with Gasteiger partial charge in [-0.05, 0) is 75.6 Å². The van der Waals surface area contributed by atoms with E-state index in [2.05, 4.69) is 54.8 Å². The first-order valence-corrected chi connectivity index (χ1v) is 14.9. The van der Waals surface area contributed by atoms with E-state index < -0.39 is 23.6 Å². The van der Waals surface area contributed by atoms with Crippen LogP contribution >= 0.6 is 0 Å². The average Bonchev–Trinajstić information content (AvgIpc) is 3.68. The van der Waals surface area contributed by atoms with Crippen LogP contribution in [0.25, 0.3) is 0 Å². The van der Waals surface area contributed by atoms with Gasteiger partial charge in [0.15, 0.2) is 0 Å². The summed E-state index contributed by atoms with van der Waals surface area (Å²) in [7, 11) is 1.42. The van der Waals surface area contributed by atoms with Gasteiger partial charge in [-0.25, -0.2) is 8.78 Å². The molecule has 2 aromatic rings. The molecule has 41 heavy (non-hydrogen) atoms. The van der Waals surface area contributed by atoms with E-state index in [0.717, 1.165) is 11.6 Å². The highest BCUT2D eigenvalue weighted by Crippen LogP contribution is 2.40. The molecule has 0 aromatic heterocycles. The fraction of sp³-hybridized carbons (Fsp3) is 0.576. The fourth-order valence-corrected chi connectivity index (χ4v) is 6.59. The van der Waals surface area contributed by atoms with Crippen LogP contribution in [0.5, 0.6) is 0 Å². The lowest BCUT2D eigenvalue weighted by atomic mass is 9.87. The summed E-state index contributed by atoms with van der Waals surface area (Å²) >= 11 is 0. The van der Waals surface area contributed by atoms with Crippen LogP contribution in [0, 0.1) is 17.6 Å². The van der Waals surface area contributed by atoms with Gasteiger partial charge in [0.2, 0.25) is 5.91 Å². The van der Waals surface area contributed by atoms with E-state index >= 15 is 0 Å². The summed E-state index contributed by atoms with van der Waals surface area (Å²) < 4.78 is 33.8. The third kappa shape index (κ3) is 6.49. The van der Waals surface area contributed by atoms with Gasteiger partial charge in [0.1, 0.15) is 17.7 Å². The first-order valence-electron chi connectivity index (χ1n) is 14.9. The molecule has 2 aliphatic heterocycles. The van der Waals surface area contributed by atoms with Crippen LogP contribution in [-0.2, 0) is 20.7 Å². The second-order valence-corrected chi connectivity index (χ2v) is 13.1. The zero-order valence-electron chi connectivity index (χ0n) is 24.9. The van der Waals surface area contributed by atoms with Gasteiger partial charge in [-0.2, -0.15) is 0 Å². The number of esters is 1. The Morgan fingerprint density at radius 1 is 1.00 bits per heavy atom. The molecule has 222 valence electrons. The molecule has 6 nitrogen and oxygen atoms in total. The molecule has 3 aliphatic rings. The zero-order chi connectivity index (χ0) is 29.5. The average molecular weight is 568 g/mol. The minimum absolute atomic E-state index is 0.0112. The highest BCUT2D eigenvalue weighted by Gasteiger charge is 2.46. The second-order valence-electron chi connectivity index (χ2n) is 13.1. The van der Waals surface area contributed by atoms with Gasteiger partial charge in [-0.1, -0.05) is 30.3 Å². The predicted octanol–water partition coefficient (Wildman–Crippen LogP) is 4.97. The maximum absolute atomic E-state index is 14.9. The van der Waals surface area contributed by atoms with E-state index in [4.69, 9.17) is 4.74 Å². The molecule has 5 rings (SSSR count). The quantitative estimate of drug-likeness (QED) is 0.442. The number of likely N-dealkylation sites (tertiary alicyclic amines) is 1. The maximum Gasteiger partial charge on any atom is 0.323 e. The number of hydrogen-bond donors (Lipinski definition) is 0. The van der Waals surface area contributed by atoms with Crippen molar-refractivity contribution in [3.05, 3.63) is 70.8 Å². The van der Waals surface area contributed by atoms with Gasteiger partial charge < -0.3 is 9.64 Å². The number of ether oxygens (including phenoxy) is 1. The molecule has 1 aliphatic carbocycles. The lowest BCUT2D eigenvalue weighted by Gasteiger charge is -2.43. The summed E-state index contributed by atoms with van der Waals surface area (Å²) in [5.74, 6) is -1.63. The van der Waals surface area contributed by atoms with Crippen LogP contribution in [0.1, 0.15) is 69.1 Å². The molecule has 1 amide bonds. The van der Waals surface area contributed by atoms with Crippen LogP contribution in [0.15, 0.2) is 42.5 Å². The van der Waals surface area contributed by atoms with E-state index in [1.807, 2.05) is 11.8 Å². The Kier molecular flexibility index (Phi) is 8.53. The van der Waals surface area contributed by atoms with Crippen LogP contribution in [0.2, 0.25) is 0 Å². The molecule has 0 spiro atoms. The number of piperazine rings is 1. The van der Waals surface area contributed by atoms with Crippen LogP contribution < -0.4 is 0 Å². The number of halogens is 2. The Morgan fingerprint density at radius 3 is 2.29 bits per heavy atom. The van der Waals surface area contributed by atoms with Crippen molar-refractivity contribution < 1.29 is 23.1 Å². The number of benzene rings is 2. The topological polar surface area (TPSA) is 53.1 Å². The Hall–Kier alpha value is -2.84. The third-order valence-electron chi connectivity index (χ3n) is 9.26. The minimum atomic E-state index is -0.622. The number of carbonyl (C=O) groups excluding carboxylic acids is 2. The summed E-state index contributed by atoms with van der Waals surface area (Å²) in [6, 6.07) is 11.7. The SMILES string of the molecule is COC(=O)[C@H](Cc1ccc(C2CC2)cc1)N1CCN(C(=O)[C@@H]2CN(C(C)(C)C)C[C@H]2c2ccc(F)cc2F)[C@@H](C)C1. The molecule has 4 atom stereocenters. The number of carbonyl (C=O) groups is 2. The van der Waals surface area contributed by atoms with Gasteiger partial charge in [0.25, 0.3) is 0 Å². The van der Waals surface area contributed by atoms with Crippen molar-refractivity contribution >= 4 is 11.9 Å². The lowest BCUT2D eigenvalue weighted by Crippen LogP contribution is -2.59. The van der Waals surface area contributed by atoms with Crippen molar-refractivity contribution in [3.8, 4) is 0 Å². The highest BCUT2D eigenvalue weighted by atomic mass is 19.1. The zero-order valence-corrected chi connectivity index (χ0v) is 24.9. The van der Waals surface area contributed by atoms with Gasteiger partial charge in [0, 0.05) is 56.3 Å². The number of amides is 1. The van der Waals surface area contributed by atoms with Crippen molar-refractivity contribution in [3.63, 3.8) is 0 Å². The molecule has 0 bridgehead atoms. The van der Waals surface area contributed by atoms with Crippen molar-refractivity contribution in [1.29, 1.82) is 0 Å². The van der Waals surface area contributed by atoms with E-state index in [1.165, 1.54) is 37.6 Å². The standard InChI is InChI=1S/C33H43F2N3O3/c1-21-18-36(30(32(40)41-5)16-22-6-8-23(9-7-22)24-10-11-24)14-15-38(21)31(39)28-20-37(33(2,3)4)19-27(28)26-13-12-25(34)17-29(26)35/h6-9,12-13,17,21,24,27-28,30H,10-11,14-16,18-20H2,1-5H3/t21-,27-,28+,30-/m0/s1. The molecule has 8 heteroatoms. The van der Waals surface area contributed by atoms with E-state index in [0.29, 0.717) is 50.6 Å². The molecule has 0 radical (unpaired) electrons. The normalized spacial score (nSPS) is 24.9. The second kappa shape index (κ2) is 11.8. The van der Waals surface area contributed by atoms with Crippen LogP contribution in [0.3, 0.4) is 0 Å². The number of nitrogens with zero attached hydrogens (tertiary/aromatic N) is 3. The van der Waals surface area contributed by atoms with Crippen molar-refractivity contribution in [2.45, 2.75) is 76.4 Å². The Labute approximate surface area is 242 Å². The van der Waals surface area contributed by atoms with E-state index in [-0.39, 0.29) is 29.4 Å². The summed E-state index contributed by atoms with van der Waals surface area (Å²) in [6.45, 7) is 10.9. The van der Waals surface area contributed by atoms with Crippen molar-refractivity contribution in [1.82, 2.24) is 14.7 Å². The predicted molar refractivity (Wildman–Crippen MR) is 155 cm³/mol. The summed E-state index contributed by atoms with van der Waals surface area (Å²) in [4.78, 5) is 33.2.